The molecule has 1 aromatic heterocycles. The lowest BCUT2D eigenvalue weighted by molar-refractivity contribution is 0.0922. The van der Waals surface area contributed by atoms with Crippen LogP contribution in [0.1, 0.15) is 36.0 Å². The number of pyridine rings is 1. The Morgan fingerprint density at radius 2 is 1.71 bits per heavy atom. The highest BCUT2D eigenvalue weighted by atomic mass is 19.1. The summed E-state index contributed by atoms with van der Waals surface area (Å²) in [6.07, 6.45) is 3.28. The van der Waals surface area contributed by atoms with Gasteiger partial charge in [-0.3, -0.25) is 4.79 Å². The number of nitrogens with zero attached hydrogens (tertiary/aromatic N) is 2. The Hall–Kier alpha value is -3.22. The zero-order valence-corrected chi connectivity index (χ0v) is 17.7. The van der Waals surface area contributed by atoms with Gasteiger partial charge < -0.3 is 15.5 Å². The van der Waals surface area contributed by atoms with Gasteiger partial charge in [-0.05, 0) is 43.9 Å². The first-order valence-electron chi connectivity index (χ1n) is 10.5. The van der Waals surface area contributed by atoms with Crippen molar-refractivity contribution in [1.82, 2.24) is 10.3 Å². The highest BCUT2D eigenvalue weighted by Crippen LogP contribution is 2.29. The summed E-state index contributed by atoms with van der Waals surface area (Å²) in [5.41, 5.74) is 1.92. The van der Waals surface area contributed by atoms with Gasteiger partial charge in [0.05, 0.1) is 11.1 Å². The van der Waals surface area contributed by atoms with Gasteiger partial charge in [-0.1, -0.05) is 18.2 Å². The van der Waals surface area contributed by atoms with Gasteiger partial charge in [0.2, 0.25) is 0 Å². The molecule has 162 valence electrons. The summed E-state index contributed by atoms with van der Waals surface area (Å²) >= 11 is 0. The fraction of sp³-hybridized carbons (Fsp3) is 0.333. The number of anilines is 2. The number of aromatic nitrogens is 1. The fourth-order valence-electron chi connectivity index (χ4n) is 4.13. The van der Waals surface area contributed by atoms with E-state index in [1.54, 1.807) is 0 Å². The monoisotopic (exact) mass is 424 g/mol. The minimum atomic E-state index is -0.841. The van der Waals surface area contributed by atoms with Gasteiger partial charge in [0.1, 0.15) is 17.5 Å². The molecule has 0 atom stereocenters. The Bertz CT molecular complexity index is 1090. The third-order valence-corrected chi connectivity index (χ3v) is 5.77. The van der Waals surface area contributed by atoms with Crippen LogP contribution in [0.2, 0.25) is 0 Å². The molecule has 0 saturated heterocycles. The maximum Gasteiger partial charge on any atom is 0.254 e. The number of nitrogens with one attached hydrogen (secondary N) is 2. The van der Waals surface area contributed by atoms with E-state index in [1.165, 1.54) is 6.07 Å². The third-order valence-electron chi connectivity index (χ3n) is 5.77. The van der Waals surface area contributed by atoms with Crippen LogP contribution >= 0.6 is 0 Å². The zero-order chi connectivity index (χ0) is 22.0. The van der Waals surface area contributed by atoms with Crippen molar-refractivity contribution < 1.29 is 13.6 Å². The molecule has 1 amide bonds. The maximum absolute atomic E-state index is 13.8. The average Bonchev–Trinajstić information content (AvgIpc) is 2.74. The Balaban J connectivity index is 1.38. The van der Waals surface area contributed by atoms with E-state index in [1.807, 2.05) is 32.3 Å². The second-order valence-electron chi connectivity index (χ2n) is 8.23. The van der Waals surface area contributed by atoms with Crippen LogP contribution in [0.15, 0.2) is 48.5 Å². The smallest absolute Gasteiger partial charge is 0.254 e. The molecule has 0 unspecified atom stereocenters. The number of hydrogen-bond acceptors (Lipinski definition) is 4. The molecule has 4 rings (SSSR count). The number of rotatable bonds is 5. The predicted molar refractivity (Wildman–Crippen MR) is 120 cm³/mol. The van der Waals surface area contributed by atoms with E-state index in [-0.39, 0.29) is 17.6 Å². The number of para-hydroxylation sites is 1. The zero-order valence-electron chi connectivity index (χ0n) is 17.7. The molecule has 3 aromatic rings. The summed E-state index contributed by atoms with van der Waals surface area (Å²) in [7, 11) is 4.03. The summed E-state index contributed by atoms with van der Waals surface area (Å²) in [5.74, 6) is -1.20. The highest BCUT2D eigenvalue weighted by Gasteiger charge is 2.24. The van der Waals surface area contributed by atoms with Crippen molar-refractivity contribution in [3.05, 3.63) is 65.7 Å². The van der Waals surface area contributed by atoms with Crippen molar-refractivity contribution >= 4 is 28.3 Å². The highest BCUT2D eigenvalue weighted by molar-refractivity contribution is 5.95. The molecular formula is C24H26F2N4O. The molecule has 0 bridgehead atoms. The van der Waals surface area contributed by atoms with Gasteiger partial charge in [0.15, 0.2) is 0 Å². The molecule has 2 N–H and O–H groups in total. The molecule has 5 nitrogen and oxygen atoms in total. The normalized spacial score (nSPS) is 18.6. The van der Waals surface area contributed by atoms with Gasteiger partial charge in [0.25, 0.3) is 5.91 Å². The van der Waals surface area contributed by atoms with Gasteiger partial charge in [-0.15, -0.1) is 0 Å². The average molecular weight is 424 g/mol. The van der Waals surface area contributed by atoms with Crippen LogP contribution in [0.25, 0.3) is 10.9 Å². The lowest BCUT2D eigenvalue weighted by atomic mass is 9.91. The first-order valence-corrected chi connectivity index (χ1v) is 10.5. The second-order valence-corrected chi connectivity index (χ2v) is 8.23. The summed E-state index contributed by atoms with van der Waals surface area (Å²) < 4.78 is 26.9. The number of carbonyl (C=O) groups is 1. The molecule has 1 saturated carbocycles. The minimum absolute atomic E-state index is 0.0306. The first-order chi connectivity index (χ1) is 14.9. The molecule has 1 aliphatic carbocycles. The fourth-order valence-corrected chi connectivity index (χ4v) is 4.13. The first kappa shape index (κ1) is 21.0. The van der Waals surface area contributed by atoms with Gasteiger partial charge in [-0.25, -0.2) is 13.8 Å². The van der Waals surface area contributed by atoms with E-state index in [0.29, 0.717) is 0 Å². The quantitative estimate of drug-likeness (QED) is 0.622. The van der Waals surface area contributed by atoms with Crippen molar-refractivity contribution in [2.24, 2.45) is 0 Å². The van der Waals surface area contributed by atoms with Crippen molar-refractivity contribution in [1.29, 1.82) is 0 Å². The maximum atomic E-state index is 13.8. The number of amides is 1. The number of hydrogen-bond donors (Lipinski definition) is 2. The van der Waals surface area contributed by atoms with Crippen molar-refractivity contribution in [3.63, 3.8) is 0 Å². The van der Waals surface area contributed by atoms with Crippen molar-refractivity contribution in [2.75, 3.05) is 24.3 Å². The largest absolute Gasteiger partial charge is 0.377 e. The molecule has 1 fully saturated rings. The van der Waals surface area contributed by atoms with E-state index in [4.69, 9.17) is 4.98 Å². The molecule has 0 aliphatic heterocycles. The SMILES string of the molecule is CN(C)c1cc(N[C@H]2CC[C@@H](NC(=O)c3ccc(F)cc3F)CC2)nc2ccccc12. The van der Waals surface area contributed by atoms with E-state index < -0.39 is 17.5 Å². The van der Waals surface area contributed by atoms with Crippen molar-refractivity contribution in [2.45, 2.75) is 37.8 Å². The van der Waals surface area contributed by atoms with Crippen LogP contribution in [-0.4, -0.2) is 37.1 Å². The Morgan fingerprint density at radius 1 is 1.00 bits per heavy atom. The standard InChI is InChI=1S/C24H26F2N4O/c1-30(2)22-14-23(29-21-6-4-3-5-19(21)22)27-16-8-10-17(11-9-16)28-24(31)18-12-7-15(25)13-20(18)26/h3-7,12-14,16-17H,8-11H2,1-2H3,(H,27,29)(H,28,31)/t16-,17+. The Morgan fingerprint density at radius 3 is 2.42 bits per heavy atom. The predicted octanol–water partition coefficient (Wildman–Crippen LogP) is 4.73. The summed E-state index contributed by atoms with van der Waals surface area (Å²) in [4.78, 5) is 19.2. The topological polar surface area (TPSA) is 57.3 Å². The molecule has 2 aromatic carbocycles. The number of carbonyl (C=O) groups excluding carboxylic acids is 1. The molecular weight excluding hydrogens is 398 g/mol. The van der Waals surface area contributed by atoms with E-state index in [0.717, 1.165) is 60.2 Å². The van der Waals surface area contributed by atoms with Crippen LogP contribution in [0.4, 0.5) is 20.3 Å². The second kappa shape index (κ2) is 8.88. The number of benzene rings is 2. The lowest BCUT2D eigenvalue weighted by Gasteiger charge is -2.30. The van der Waals surface area contributed by atoms with Crippen LogP contribution in [0, 0.1) is 11.6 Å². The summed E-state index contributed by atoms with van der Waals surface area (Å²) in [5, 5.41) is 7.52. The molecule has 31 heavy (non-hydrogen) atoms. The third kappa shape index (κ3) is 4.76. The number of halogens is 2. The molecule has 1 heterocycles. The van der Waals surface area contributed by atoms with Crippen LogP contribution in [0.3, 0.4) is 0 Å². The molecule has 0 spiro atoms. The van der Waals surface area contributed by atoms with Crippen molar-refractivity contribution in [3.8, 4) is 0 Å². The van der Waals surface area contributed by atoms with Crippen LogP contribution in [-0.2, 0) is 0 Å². The van der Waals surface area contributed by atoms with Crippen LogP contribution < -0.4 is 15.5 Å². The van der Waals surface area contributed by atoms with Gasteiger partial charge >= 0.3 is 0 Å². The Labute approximate surface area is 180 Å². The van der Waals surface area contributed by atoms with Gasteiger partial charge in [-0.2, -0.15) is 0 Å². The summed E-state index contributed by atoms with van der Waals surface area (Å²) in [6, 6.07) is 13.4. The summed E-state index contributed by atoms with van der Waals surface area (Å²) in [6.45, 7) is 0. The minimum Gasteiger partial charge on any atom is -0.377 e. The van der Waals surface area contributed by atoms with Crippen LogP contribution in [0.5, 0.6) is 0 Å². The van der Waals surface area contributed by atoms with E-state index in [9.17, 15) is 13.6 Å². The molecule has 0 radical (unpaired) electrons. The lowest BCUT2D eigenvalue weighted by Crippen LogP contribution is -2.40. The van der Waals surface area contributed by atoms with E-state index in [2.05, 4.69) is 27.7 Å². The van der Waals surface area contributed by atoms with Gasteiger partial charge in [0, 0.05) is 49.4 Å². The Kier molecular flexibility index (Phi) is 6.02. The molecule has 7 heteroatoms. The number of fused-ring (bicyclic) bond motifs is 1. The van der Waals surface area contributed by atoms with E-state index >= 15 is 0 Å². The molecule has 1 aliphatic rings.